The van der Waals surface area contributed by atoms with Gasteiger partial charge in [0.15, 0.2) is 0 Å². The van der Waals surface area contributed by atoms with Crippen molar-refractivity contribution in [3.63, 3.8) is 0 Å². The third-order valence-electron chi connectivity index (χ3n) is 3.66. The lowest BCUT2D eigenvalue weighted by Gasteiger charge is -2.16. The number of benzene rings is 1. The van der Waals surface area contributed by atoms with Crippen molar-refractivity contribution in [1.82, 2.24) is 14.9 Å². The summed E-state index contributed by atoms with van der Waals surface area (Å²) < 4.78 is 5.89. The van der Waals surface area contributed by atoms with E-state index in [1.165, 1.54) is 5.56 Å². The minimum atomic E-state index is 0.187. The van der Waals surface area contributed by atoms with E-state index in [1.807, 2.05) is 6.07 Å². The van der Waals surface area contributed by atoms with Crippen LogP contribution in [0.1, 0.15) is 17.7 Å². The molecule has 2 N–H and O–H groups in total. The quantitative estimate of drug-likeness (QED) is 0.903. The van der Waals surface area contributed by atoms with Crippen molar-refractivity contribution >= 4 is 0 Å². The molecule has 3 rings (SSSR count). The molecule has 110 valence electrons. The second kappa shape index (κ2) is 6.65. The van der Waals surface area contributed by atoms with Crippen molar-refractivity contribution in [2.24, 2.45) is 5.73 Å². The molecule has 1 aliphatic heterocycles. The smallest absolute Gasteiger partial charge is 0.232 e. The predicted octanol–water partition coefficient (Wildman–Crippen LogP) is 1.59. The molecule has 1 aromatic heterocycles. The van der Waals surface area contributed by atoms with Crippen molar-refractivity contribution < 1.29 is 4.74 Å². The van der Waals surface area contributed by atoms with E-state index in [4.69, 9.17) is 10.5 Å². The highest BCUT2D eigenvalue weighted by Crippen LogP contribution is 2.18. The van der Waals surface area contributed by atoms with E-state index < -0.39 is 0 Å². The van der Waals surface area contributed by atoms with Crippen LogP contribution in [0.4, 0.5) is 0 Å². The molecule has 1 atom stereocenters. The van der Waals surface area contributed by atoms with Gasteiger partial charge in [0.05, 0.1) is 18.1 Å². The Morgan fingerprint density at radius 2 is 2.05 bits per heavy atom. The van der Waals surface area contributed by atoms with Crippen molar-refractivity contribution in [3.05, 3.63) is 54.0 Å². The number of aromatic nitrogens is 2. The highest BCUT2D eigenvalue weighted by molar-refractivity contribution is 5.15. The third kappa shape index (κ3) is 3.77. The molecule has 0 amide bonds. The molecule has 1 aliphatic rings. The van der Waals surface area contributed by atoms with Gasteiger partial charge in [-0.25, -0.2) is 4.98 Å². The molecule has 0 bridgehead atoms. The first-order valence-electron chi connectivity index (χ1n) is 7.27. The number of hydrogen-bond donors (Lipinski definition) is 1. The highest BCUT2D eigenvalue weighted by Gasteiger charge is 2.24. The molecular formula is C16H20N4O. The van der Waals surface area contributed by atoms with Crippen LogP contribution >= 0.6 is 0 Å². The van der Waals surface area contributed by atoms with Crippen molar-refractivity contribution in [2.45, 2.75) is 25.6 Å². The van der Waals surface area contributed by atoms with Crippen LogP contribution in [0.5, 0.6) is 5.88 Å². The number of hydrogen-bond acceptors (Lipinski definition) is 5. The van der Waals surface area contributed by atoms with Crippen LogP contribution in [0.3, 0.4) is 0 Å². The molecule has 2 aromatic rings. The van der Waals surface area contributed by atoms with Gasteiger partial charge in [0.25, 0.3) is 0 Å². The Hall–Kier alpha value is -1.98. The van der Waals surface area contributed by atoms with E-state index >= 15 is 0 Å². The molecule has 5 nitrogen and oxygen atoms in total. The minimum absolute atomic E-state index is 0.187. The predicted molar refractivity (Wildman–Crippen MR) is 80.7 cm³/mol. The Morgan fingerprint density at radius 1 is 1.19 bits per heavy atom. The zero-order valence-electron chi connectivity index (χ0n) is 12.0. The molecule has 5 heteroatoms. The van der Waals surface area contributed by atoms with E-state index in [0.717, 1.165) is 31.7 Å². The molecule has 0 aliphatic carbocycles. The average Bonchev–Trinajstić information content (AvgIpc) is 2.96. The molecule has 0 radical (unpaired) electrons. The summed E-state index contributed by atoms with van der Waals surface area (Å²) in [5.41, 5.74) is 7.62. The number of nitrogens with two attached hydrogens (primary N) is 1. The molecule has 1 aromatic carbocycles. The van der Waals surface area contributed by atoms with Gasteiger partial charge in [0.2, 0.25) is 5.88 Å². The first-order valence-corrected chi connectivity index (χ1v) is 7.27. The van der Waals surface area contributed by atoms with Crippen molar-refractivity contribution in [2.75, 3.05) is 13.1 Å². The van der Waals surface area contributed by atoms with E-state index in [2.05, 4.69) is 39.1 Å². The monoisotopic (exact) mass is 284 g/mol. The zero-order chi connectivity index (χ0) is 14.5. The SMILES string of the molecule is NCc1cnc(OC2CCN(Cc3ccccc3)C2)cn1. The van der Waals surface area contributed by atoms with Gasteiger partial charge in [-0.05, 0) is 12.0 Å². The molecule has 2 heterocycles. The normalized spacial score (nSPS) is 18.8. The molecule has 1 saturated heterocycles. The maximum absolute atomic E-state index is 5.89. The molecule has 21 heavy (non-hydrogen) atoms. The third-order valence-corrected chi connectivity index (χ3v) is 3.66. The summed E-state index contributed by atoms with van der Waals surface area (Å²) in [6.07, 6.45) is 4.54. The van der Waals surface area contributed by atoms with Gasteiger partial charge in [0.1, 0.15) is 6.10 Å². The number of rotatable bonds is 5. The van der Waals surface area contributed by atoms with Crippen LogP contribution in [0.25, 0.3) is 0 Å². The Labute approximate surface area is 124 Å². The van der Waals surface area contributed by atoms with Crippen LogP contribution in [-0.4, -0.2) is 34.1 Å². The summed E-state index contributed by atoms with van der Waals surface area (Å²) >= 11 is 0. The Morgan fingerprint density at radius 3 is 2.76 bits per heavy atom. The Balaban J connectivity index is 1.52. The lowest BCUT2D eigenvalue weighted by atomic mass is 10.2. The molecule has 1 unspecified atom stereocenters. The van der Waals surface area contributed by atoms with E-state index in [-0.39, 0.29) is 6.10 Å². The second-order valence-electron chi connectivity index (χ2n) is 5.30. The summed E-state index contributed by atoms with van der Waals surface area (Å²) in [6, 6.07) is 10.5. The maximum Gasteiger partial charge on any atom is 0.232 e. The first kappa shape index (κ1) is 14.0. The summed E-state index contributed by atoms with van der Waals surface area (Å²) in [5, 5.41) is 0. The maximum atomic E-state index is 5.89. The second-order valence-corrected chi connectivity index (χ2v) is 5.30. The zero-order valence-corrected chi connectivity index (χ0v) is 12.0. The fourth-order valence-electron chi connectivity index (χ4n) is 2.56. The van der Waals surface area contributed by atoms with Crippen molar-refractivity contribution in [1.29, 1.82) is 0 Å². The standard InChI is InChI=1S/C16H20N4O/c17-8-14-9-19-16(10-18-14)21-15-6-7-20(12-15)11-13-4-2-1-3-5-13/h1-5,9-10,15H,6-8,11-12,17H2. The van der Waals surface area contributed by atoms with E-state index in [1.54, 1.807) is 12.4 Å². The lowest BCUT2D eigenvalue weighted by molar-refractivity contribution is 0.190. The van der Waals surface area contributed by atoms with Crippen LogP contribution < -0.4 is 10.5 Å². The lowest BCUT2D eigenvalue weighted by Crippen LogP contribution is -2.24. The number of nitrogens with zero attached hydrogens (tertiary/aromatic N) is 3. The van der Waals surface area contributed by atoms with Gasteiger partial charge in [-0.1, -0.05) is 30.3 Å². The highest BCUT2D eigenvalue weighted by atomic mass is 16.5. The van der Waals surface area contributed by atoms with E-state index in [9.17, 15) is 0 Å². The molecule has 1 fully saturated rings. The molecule has 0 spiro atoms. The van der Waals surface area contributed by atoms with Crippen LogP contribution in [-0.2, 0) is 13.1 Å². The topological polar surface area (TPSA) is 64.3 Å². The fourth-order valence-corrected chi connectivity index (χ4v) is 2.56. The van der Waals surface area contributed by atoms with Gasteiger partial charge in [0, 0.05) is 26.2 Å². The Kier molecular flexibility index (Phi) is 4.43. The summed E-state index contributed by atoms with van der Waals surface area (Å²) in [4.78, 5) is 10.8. The first-order chi connectivity index (χ1) is 10.3. The average molecular weight is 284 g/mol. The van der Waals surface area contributed by atoms with Crippen LogP contribution in [0.2, 0.25) is 0 Å². The summed E-state index contributed by atoms with van der Waals surface area (Å²) in [6.45, 7) is 3.35. The Bertz CT molecular complexity index is 558. The molecule has 0 saturated carbocycles. The van der Waals surface area contributed by atoms with Crippen molar-refractivity contribution in [3.8, 4) is 5.88 Å². The number of likely N-dealkylation sites (tertiary alicyclic amines) is 1. The summed E-state index contributed by atoms with van der Waals surface area (Å²) in [5.74, 6) is 0.582. The minimum Gasteiger partial charge on any atom is -0.472 e. The van der Waals surface area contributed by atoms with Gasteiger partial charge >= 0.3 is 0 Å². The fraction of sp³-hybridized carbons (Fsp3) is 0.375. The van der Waals surface area contributed by atoms with Gasteiger partial charge < -0.3 is 10.5 Å². The molecular weight excluding hydrogens is 264 g/mol. The number of ether oxygens (including phenoxy) is 1. The van der Waals surface area contributed by atoms with E-state index in [0.29, 0.717) is 12.4 Å². The van der Waals surface area contributed by atoms with Gasteiger partial charge in [-0.3, -0.25) is 9.88 Å². The van der Waals surface area contributed by atoms with Crippen LogP contribution in [0, 0.1) is 0 Å². The van der Waals surface area contributed by atoms with Gasteiger partial charge in [-0.15, -0.1) is 0 Å². The summed E-state index contributed by atoms with van der Waals surface area (Å²) in [7, 11) is 0. The van der Waals surface area contributed by atoms with Gasteiger partial charge in [-0.2, -0.15) is 0 Å². The largest absolute Gasteiger partial charge is 0.472 e. The van der Waals surface area contributed by atoms with Crippen LogP contribution in [0.15, 0.2) is 42.7 Å².